The summed E-state index contributed by atoms with van der Waals surface area (Å²) in [7, 11) is 0. The van der Waals surface area contributed by atoms with Gasteiger partial charge in [0.25, 0.3) is 0 Å². The summed E-state index contributed by atoms with van der Waals surface area (Å²) in [6, 6.07) is 25.1. The third-order valence-electron chi connectivity index (χ3n) is 7.38. The Kier molecular flexibility index (Phi) is 3.10. The molecule has 0 aliphatic heterocycles. The zero-order valence-corrected chi connectivity index (χ0v) is 18.5. The first kappa shape index (κ1) is 18.5. The molecule has 0 atom stereocenters. The molecule has 5 aromatic carbocycles. The molecule has 36 heavy (non-hydrogen) atoms. The normalized spacial score (nSPS) is 12.7. The first-order chi connectivity index (χ1) is 17.7. The molecule has 6 heteroatoms. The lowest BCUT2D eigenvalue weighted by atomic mass is 10.1. The number of hydrogen-bond acceptors (Lipinski definition) is 2. The lowest BCUT2D eigenvalue weighted by molar-refractivity contribution is 0.629. The Bertz CT molecular complexity index is 2230. The van der Waals surface area contributed by atoms with E-state index in [1.165, 1.54) is 12.1 Å². The van der Waals surface area contributed by atoms with Gasteiger partial charge in [-0.2, -0.15) is 0 Å². The van der Waals surface area contributed by atoms with Crippen LogP contribution in [0.3, 0.4) is 0 Å². The molecule has 0 aliphatic carbocycles. The molecule has 9 aromatic rings. The van der Waals surface area contributed by atoms with Crippen LogP contribution in [-0.4, -0.2) is 8.80 Å². The second-order valence-electron chi connectivity index (χ2n) is 9.24. The van der Waals surface area contributed by atoms with Crippen molar-refractivity contribution in [2.24, 2.45) is 0 Å². The number of fused-ring (bicyclic) bond motifs is 12. The third kappa shape index (κ3) is 2.01. The monoisotopic (exact) mass is 472 g/mol. The standard InChI is InChI=1S/C30H14F2N2O2/c31-15-9-11-19-17(13-15)25-27-29(35-23-7-3-1-5-21(23)33(19)27)26-18-14-16(32)10-12-20(18)34-22-6-2-4-8-24(22)36-30(25)28(26)34/h1-14H. The van der Waals surface area contributed by atoms with E-state index < -0.39 is 0 Å². The van der Waals surface area contributed by atoms with Crippen LogP contribution in [0.2, 0.25) is 0 Å². The molecule has 170 valence electrons. The number of hydrogen-bond donors (Lipinski definition) is 0. The lowest BCUT2D eigenvalue weighted by Gasteiger charge is -2.11. The molecular weight excluding hydrogens is 458 g/mol. The average Bonchev–Trinajstić information content (AvgIpc) is 3.41. The predicted molar refractivity (Wildman–Crippen MR) is 138 cm³/mol. The van der Waals surface area contributed by atoms with Crippen LogP contribution in [-0.2, 0) is 0 Å². The van der Waals surface area contributed by atoms with Crippen molar-refractivity contribution >= 4 is 77.0 Å². The van der Waals surface area contributed by atoms with Gasteiger partial charge in [-0.3, -0.25) is 0 Å². The lowest BCUT2D eigenvalue weighted by Crippen LogP contribution is -1.93. The van der Waals surface area contributed by atoms with Gasteiger partial charge in [-0.05, 0) is 60.7 Å². The highest BCUT2D eigenvalue weighted by Crippen LogP contribution is 2.47. The first-order valence-corrected chi connectivity index (χ1v) is 11.7. The van der Waals surface area contributed by atoms with Crippen molar-refractivity contribution in [1.29, 1.82) is 0 Å². The molecule has 0 saturated carbocycles. The molecule has 0 N–H and O–H groups in total. The average molecular weight is 472 g/mol. The molecular formula is C30H14F2N2O2. The number of nitrogens with zero attached hydrogens (tertiary/aromatic N) is 2. The smallest absolute Gasteiger partial charge is 0.162 e. The molecule has 4 heterocycles. The van der Waals surface area contributed by atoms with E-state index in [1.807, 2.05) is 48.5 Å². The Hall–Kier alpha value is -4.84. The van der Waals surface area contributed by atoms with Crippen molar-refractivity contribution in [2.75, 3.05) is 0 Å². The topological polar surface area (TPSA) is 35.1 Å². The maximum Gasteiger partial charge on any atom is 0.162 e. The summed E-state index contributed by atoms with van der Waals surface area (Å²) in [6.45, 7) is 0. The molecule has 0 aliphatic rings. The van der Waals surface area contributed by atoms with Gasteiger partial charge in [0.15, 0.2) is 22.3 Å². The molecule has 4 aromatic heterocycles. The quantitative estimate of drug-likeness (QED) is 0.207. The van der Waals surface area contributed by atoms with Crippen molar-refractivity contribution in [3.63, 3.8) is 0 Å². The number of para-hydroxylation sites is 4. The fourth-order valence-electron chi connectivity index (χ4n) is 6.03. The first-order valence-electron chi connectivity index (χ1n) is 11.7. The highest BCUT2D eigenvalue weighted by molar-refractivity contribution is 6.34. The van der Waals surface area contributed by atoms with Crippen LogP contribution in [0.1, 0.15) is 0 Å². The van der Waals surface area contributed by atoms with Crippen molar-refractivity contribution in [1.82, 2.24) is 8.80 Å². The molecule has 0 saturated heterocycles. The fourth-order valence-corrected chi connectivity index (χ4v) is 6.03. The van der Waals surface area contributed by atoms with E-state index in [4.69, 9.17) is 8.83 Å². The summed E-state index contributed by atoms with van der Waals surface area (Å²) >= 11 is 0. The van der Waals surface area contributed by atoms with E-state index in [9.17, 15) is 8.78 Å². The van der Waals surface area contributed by atoms with Gasteiger partial charge in [-0.25, -0.2) is 8.78 Å². The van der Waals surface area contributed by atoms with Gasteiger partial charge in [0.1, 0.15) is 22.7 Å². The van der Waals surface area contributed by atoms with E-state index in [-0.39, 0.29) is 11.6 Å². The van der Waals surface area contributed by atoms with E-state index >= 15 is 0 Å². The highest BCUT2D eigenvalue weighted by atomic mass is 19.1. The second-order valence-corrected chi connectivity index (χ2v) is 9.24. The molecule has 0 radical (unpaired) electrons. The maximum atomic E-state index is 14.7. The van der Waals surface area contributed by atoms with Gasteiger partial charge < -0.3 is 17.6 Å². The Morgan fingerprint density at radius 2 is 0.944 bits per heavy atom. The molecule has 0 fully saturated rings. The maximum absolute atomic E-state index is 14.7. The van der Waals surface area contributed by atoms with Crippen LogP contribution in [0.4, 0.5) is 8.78 Å². The Balaban J connectivity index is 1.78. The summed E-state index contributed by atoms with van der Waals surface area (Å²) in [5.41, 5.74) is 7.53. The molecule has 9 rings (SSSR count). The van der Waals surface area contributed by atoms with Gasteiger partial charge in [-0.1, -0.05) is 24.3 Å². The van der Waals surface area contributed by atoms with Crippen LogP contribution in [0.5, 0.6) is 0 Å². The minimum atomic E-state index is -0.331. The zero-order chi connectivity index (χ0) is 23.7. The summed E-state index contributed by atoms with van der Waals surface area (Å²) < 4.78 is 46.7. The van der Waals surface area contributed by atoms with Crippen LogP contribution in [0, 0.1) is 11.6 Å². The number of rotatable bonds is 0. The predicted octanol–water partition coefficient (Wildman–Crippen LogP) is 8.58. The molecule has 0 bridgehead atoms. The van der Waals surface area contributed by atoms with Crippen LogP contribution >= 0.6 is 0 Å². The molecule has 4 nitrogen and oxygen atoms in total. The minimum Gasteiger partial charge on any atom is -0.452 e. The highest BCUT2D eigenvalue weighted by Gasteiger charge is 2.27. The molecule has 0 spiro atoms. The molecule has 0 unspecified atom stereocenters. The third-order valence-corrected chi connectivity index (χ3v) is 7.38. The van der Waals surface area contributed by atoms with Gasteiger partial charge in [0.05, 0.1) is 32.8 Å². The second kappa shape index (κ2) is 6.04. The largest absolute Gasteiger partial charge is 0.452 e. The van der Waals surface area contributed by atoms with Crippen LogP contribution < -0.4 is 0 Å². The van der Waals surface area contributed by atoms with Gasteiger partial charge in [-0.15, -0.1) is 0 Å². The van der Waals surface area contributed by atoms with Crippen LogP contribution in [0.15, 0.2) is 93.8 Å². The summed E-state index contributed by atoms with van der Waals surface area (Å²) in [4.78, 5) is 0. The fraction of sp³-hybridized carbons (Fsp3) is 0. The van der Waals surface area contributed by atoms with Gasteiger partial charge in [0.2, 0.25) is 0 Å². The van der Waals surface area contributed by atoms with Crippen molar-refractivity contribution in [2.45, 2.75) is 0 Å². The Morgan fingerprint density at radius 3 is 1.42 bits per heavy atom. The number of aromatic nitrogens is 2. The Morgan fingerprint density at radius 1 is 0.500 bits per heavy atom. The van der Waals surface area contributed by atoms with Crippen molar-refractivity contribution < 1.29 is 17.6 Å². The van der Waals surface area contributed by atoms with E-state index in [0.29, 0.717) is 22.3 Å². The van der Waals surface area contributed by atoms with Gasteiger partial charge >= 0.3 is 0 Å². The van der Waals surface area contributed by atoms with Gasteiger partial charge in [0, 0.05) is 10.8 Å². The van der Waals surface area contributed by atoms with E-state index in [2.05, 4.69) is 8.80 Å². The van der Waals surface area contributed by atoms with E-state index in [0.717, 1.165) is 54.6 Å². The molecule has 0 amide bonds. The van der Waals surface area contributed by atoms with Crippen molar-refractivity contribution in [3.8, 4) is 0 Å². The zero-order valence-electron chi connectivity index (χ0n) is 18.5. The summed E-state index contributed by atoms with van der Waals surface area (Å²) in [6.07, 6.45) is 0. The summed E-state index contributed by atoms with van der Waals surface area (Å²) in [5.74, 6) is -0.662. The number of halogens is 2. The summed E-state index contributed by atoms with van der Waals surface area (Å²) in [5, 5.41) is 2.98. The van der Waals surface area contributed by atoms with E-state index in [1.54, 1.807) is 24.3 Å². The van der Waals surface area contributed by atoms with Crippen molar-refractivity contribution in [3.05, 3.63) is 96.6 Å². The Labute approximate surface area is 200 Å². The van der Waals surface area contributed by atoms with Crippen LogP contribution in [0.25, 0.3) is 77.0 Å². The minimum absolute atomic E-state index is 0.331. The number of benzene rings is 5. The SMILES string of the molecule is Fc1ccc2c(c1)c1c3oc4ccccc4n4c5ccc(F)cc5c(c5oc6ccccc6n2c51)c34.